The van der Waals surface area contributed by atoms with Crippen molar-refractivity contribution in [2.45, 2.75) is 18.9 Å². The minimum Gasteiger partial charge on any atom is -0.338 e. The molecule has 24 heavy (non-hydrogen) atoms. The highest BCUT2D eigenvalue weighted by Gasteiger charge is 2.23. The first-order valence-electron chi connectivity index (χ1n) is 7.60. The third-order valence-electron chi connectivity index (χ3n) is 4.21. The first-order valence-corrected chi connectivity index (χ1v) is 9.17. The topological polar surface area (TPSA) is 32.3 Å². The number of rotatable bonds is 3. The van der Waals surface area contributed by atoms with Crippen LogP contribution in [0.4, 0.5) is 0 Å². The van der Waals surface area contributed by atoms with Crippen LogP contribution >= 0.6 is 46.9 Å². The summed E-state index contributed by atoms with van der Waals surface area (Å²) in [4.78, 5) is 16.4. The number of carbonyl (C=O) groups is 1. The van der Waals surface area contributed by atoms with E-state index in [-0.39, 0.29) is 18.3 Å². The molecule has 0 radical (unpaired) electrons. The van der Waals surface area contributed by atoms with Crippen LogP contribution in [0.15, 0.2) is 30.3 Å². The molecule has 0 spiro atoms. The minimum absolute atomic E-state index is 0. The molecular formula is C17H19Cl3N2OS. The second-order valence-corrected chi connectivity index (χ2v) is 7.55. The Hall–Kier alpha value is -0.780. The number of carbonyl (C=O) groups excluding carboxylic acids is 1. The smallest absolute Gasteiger partial charge is 0.263 e. The van der Waals surface area contributed by atoms with E-state index in [0.717, 1.165) is 41.2 Å². The molecule has 0 atom stereocenters. The highest BCUT2D eigenvalue weighted by molar-refractivity contribution is 7.17. The lowest BCUT2D eigenvalue weighted by Crippen LogP contribution is -2.43. The lowest BCUT2D eigenvalue weighted by molar-refractivity contribution is 0.0712. The molecule has 2 aromatic rings. The number of thiophene rings is 1. The van der Waals surface area contributed by atoms with Crippen LogP contribution in [-0.4, -0.2) is 37.0 Å². The number of hydrogen-bond donors (Lipinski definition) is 1. The van der Waals surface area contributed by atoms with Crippen molar-refractivity contribution in [1.82, 2.24) is 10.2 Å². The maximum absolute atomic E-state index is 12.6. The highest BCUT2D eigenvalue weighted by atomic mass is 35.5. The van der Waals surface area contributed by atoms with Crippen molar-refractivity contribution >= 4 is 52.9 Å². The van der Waals surface area contributed by atoms with Crippen LogP contribution in [-0.2, 0) is 0 Å². The summed E-state index contributed by atoms with van der Waals surface area (Å²) in [5, 5.41) is 4.34. The maximum atomic E-state index is 12.6. The van der Waals surface area contributed by atoms with E-state index in [0.29, 0.717) is 16.1 Å². The van der Waals surface area contributed by atoms with E-state index in [4.69, 9.17) is 23.2 Å². The largest absolute Gasteiger partial charge is 0.338 e. The van der Waals surface area contributed by atoms with Gasteiger partial charge in [-0.1, -0.05) is 29.3 Å². The molecule has 3 rings (SSSR count). The van der Waals surface area contributed by atoms with Gasteiger partial charge in [-0.05, 0) is 49.7 Å². The Morgan fingerprint density at radius 2 is 1.88 bits per heavy atom. The standard InChI is InChI=1S/C17H18Cl2N2OS.ClH/c1-20-12-6-8-21(9-7-12)17(22)16-5-4-15(23-16)11-2-3-13(18)14(19)10-11;/h2-5,10,12,20H,6-9H2,1H3;1H. The Bertz CT molecular complexity index is 712. The summed E-state index contributed by atoms with van der Waals surface area (Å²) in [6.07, 6.45) is 2.01. The zero-order valence-electron chi connectivity index (χ0n) is 13.2. The van der Waals surface area contributed by atoms with Gasteiger partial charge < -0.3 is 10.2 Å². The lowest BCUT2D eigenvalue weighted by Gasteiger charge is -2.31. The number of amides is 1. The summed E-state index contributed by atoms with van der Waals surface area (Å²) in [6, 6.07) is 9.93. The van der Waals surface area contributed by atoms with E-state index in [1.54, 1.807) is 6.07 Å². The molecule has 7 heteroatoms. The molecule has 130 valence electrons. The molecule has 1 saturated heterocycles. The third-order valence-corrected chi connectivity index (χ3v) is 6.07. The second-order valence-electron chi connectivity index (χ2n) is 5.65. The molecule has 0 saturated carbocycles. The van der Waals surface area contributed by atoms with E-state index in [9.17, 15) is 4.79 Å². The molecule has 1 aliphatic rings. The van der Waals surface area contributed by atoms with E-state index >= 15 is 0 Å². The molecule has 1 aliphatic heterocycles. The van der Waals surface area contributed by atoms with Crippen molar-refractivity contribution in [2.75, 3.05) is 20.1 Å². The van der Waals surface area contributed by atoms with Crippen molar-refractivity contribution in [3.8, 4) is 10.4 Å². The Morgan fingerprint density at radius 3 is 2.50 bits per heavy atom. The van der Waals surface area contributed by atoms with Crippen molar-refractivity contribution in [3.63, 3.8) is 0 Å². The summed E-state index contributed by atoms with van der Waals surface area (Å²) >= 11 is 13.5. The SMILES string of the molecule is CNC1CCN(C(=O)c2ccc(-c3ccc(Cl)c(Cl)c3)s2)CC1.Cl. The van der Waals surface area contributed by atoms with Crippen LogP contribution in [0, 0.1) is 0 Å². The fraction of sp³-hybridized carbons (Fsp3) is 0.353. The van der Waals surface area contributed by atoms with Crippen molar-refractivity contribution in [2.24, 2.45) is 0 Å². The number of piperidine rings is 1. The van der Waals surface area contributed by atoms with Gasteiger partial charge in [0.1, 0.15) is 0 Å². The van der Waals surface area contributed by atoms with Crippen molar-refractivity contribution < 1.29 is 4.79 Å². The first-order chi connectivity index (χ1) is 11.1. The Balaban J connectivity index is 0.00000208. The van der Waals surface area contributed by atoms with Crippen LogP contribution in [0.2, 0.25) is 10.0 Å². The molecule has 1 amide bonds. The van der Waals surface area contributed by atoms with Gasteiger partial charge in [-0.15, -0.1) is 23.7 Å². The number of likely N-dealkylation sites (tertiary alicyclic amines) is 1. The van der Waals surface area contributed by atoms with E-state index in [1.807, 2.05) is 36.2 Å². The molecular weight excluding hydrogens is 387 g/mol. The molecule has 0 aliphatic carbocycles. The van der Waals surface area contributed by atoms with Crippen molar-refractivity contribution in [1.29, 1.82) is 0 Å². The lowest BCUT2D eigenvalue weighted by atomic mass is 10.1. The van der Waals surface area contributed by atoms with Gasteiger partial charge in [-0.3, -0.25) is 4.79 Å². The van der Waals surface area contributed by atoms with E-state index in [1.165, 1.54) is 11.3 Å². The van der Waals surface area contributed by atoms with Gasteiger partial charge in [0.25, 0.3) is 5.91 Å². The summed E-state index contributed by atoms with van der Waals surface area (Å²) in [6.45, 7) is 1.62. The molecule has 1 aromatic heterocycles. The zero-order chi connectivity index (χ0) is 16.4. The van der Waals surface area contributed by atoms with Gasteiger partial charge in [0.05, 0.1) is 14.9 Å². The van der Waals surface area contributed by atoms with Gasteiger partial charge in [0, 0.05) is 24.0 Å². The molecule has 0 bridgehead atoms. The fourth-order valence-electron chi connectivity index (χ4n) is 2.78. The predicted octanol–water partition coefficient (Wildman–Crippen LogP) is 4.97. The molecule has 0 unspecified atom stereocenters. The maximum Gasteiger partial charge on any atom is 0.263 e. The monoisotopic (exact) mass is 404 g/mol. The first kappa shape index (κ1) is 19.5. The minimum atomic E-state index is 0. The molecule has 1 aromatic carbocycles. The van der Waals surface area contributed by atoms with Gasteiger partial charge in [0.2, 0.25) is 0 Å². The summed E-state index contributed by atoms with van der Waals surface area (Å²) in [5.74, 6) is 0.121. The van der Waals surface area contributed by atoms with Crippen LogP contribution < -0.4 is 5.32 Å². The Morgan fingerprint density at radius 1 is 1.17 bits per heavy atom. The number of benzene rings is 1. The van der Waals surface area contributed by atoms with Crippen LogP contribution in [0.1, 0.15) is 22.5 Å². The van der Waals surface area contributed by atoms with Crippen LogP contribution in [0.5, 0.6) is 0 Å². The summed E-state index contributed by atoms with van der Waals surface area (Å²) in [7, 11) is 1.98. The Labute approximate surface area is 162 Å². The van der Waals surface area contributed by atoms with Gasteiger partial charge in [0.15, 0.2) is 0 Å². The average molecular weight is 406 g/mol. The highest BCUT2D eigenvalue weighted by Crippen LogP contribution is 2.33. The van der Waals surface area contributed by atoms with Gasteiger partial charge in [-0.2, -0.15) is 0 Å². The third kappa shape index (κ3) is 4.24. The predicted molar refractivity (Wildman–Crippen MR) is 105 cm³/mol. The summed E-state index contributed by atoms with van der Waals surface area (Å²) < 4.78 is 0. The molecule has 1 fully saturated rings. The number of hydrogen-bond acceptors (Lipinski definition) is 3. The van der Waals surface area contributed by atoms with Crippen LogP contribution in [0.25, 0.3) is 10.4 Å². The molecule has 1 N–H and O–H groups in total. The molecule has 3 nitrogen and oxygen atoms in total. The van der Waals surface area contributed by atoms with E-state index in [2.05, 4.69) is 5.32 Å². The van der Waals surface area contributed by atoms with Gasteiger partial charge >= 0.3 is 0 Å². The number of halogens is 3. The van der Waals surface area contributed by atoms with Crippen LogP contribution in [0.3, 0.4) is 0 Å². The second kappa shape index (κ2) is 8.54. The Kier molecular flexibility index (Phi) is 6.96. The molecule has 2 heterocycles. The normalized spacial score (nSPS) is 15.2. The van der Waals surface area contributed by atoms with Crippen molar-refractivity contribution in [3.05, 3.63) is 45.3 Å². The number of nitrogens with one attached hydrogen (secondary N) is 1. The quantitative estimate of drug-likeness (QED) is 0.782. The average Bonchev–Trinajstić information content (AvgIpc) is 3.07. The fourth-order valence-corrected chi connectivity index (χ4v) is 4.05. The zero-order valence-corrected chi connectivity index (χ0v) is 16.4. The van der Waals surface area contributed by atoms with Gasteiger partial charge in [-0.25, -0.2) is 0 Å². The number of nitrogens with zero attached hydrogens (tertiary/aromatic N) is 1. The van der Waals surface area contributed by atoms with E-state index < -0.39 is 0 Å². The summed E-state index contributed by atoms with van der Waals surface area (Å²) in [5.41, 5.74) is 0.984.